The Labute approximate surface area is 158 Å². The van der Waals surface area contributed by atoms with Crippen molar-refractivity contribution in [1.82, 2.24) is 0 Å². The molecule has 0 aromatic heterocycles. The first-order valence-electron chi connectivity index (χ1n) is 9.05. The van der Waals surface area contributed by atoms with Crippen LogP contribution in [-0.4, -0.2) is 31.1 Å². The van der Waals surface area contributed by atoms with E-state index in [1.54, 1.807) is 36.1 Å². The molecule has 2 aromatic rings. The van der Waals surface area contributed by atoms with Gasteiger partial charge in [0.05, 0.1) is 6.42 Å². The summed E-state index contributed by atoms with van der Waals surface area (Å²) in [5.41, 5.74) is 2.06. The Morgan fingerprint density at radius 1 is 1.15 bits per heavy atom. The molecule has 2 amide bonds. The third-order valence-corrected chi connectivity index (χ3v) is 4.58. The summed E-state index contributed by atoms with van der Waals surface area (Å²) in [6.07, 6.45) is 1.72. The van der Waals surface area contributed by atoms with Crippen molar-refractivity contribution in [2.75, 3.05) is 23.4 Å². The normalized spacial score (nSPS) is 14.6. The lowest BCUT2D eigenvalue weighted by atomic mass is 10.1. The maximum atomic E-state index is 13.2. The van der Waals surface area contributed by atoms with Crippen LogP contribution in [0.1, 0.15) is 25.3 Å². The summed E-state index contributed by atoms with van der Waals surface area (Å²) in [7, 11) is 0. The summed E-state index contributed by atoms with van der Waals surface area (Å²) < 4.78 is 18.6. The van der Waals surface area contributed by atoms with E-state index < -0.39 is 0 Å². The molecule has 0 atom stereocenters. The first kappa shape index (κ1) is 19.0. The van der Waals surface area contributed by atoms with Crippen LogP contribution in [0.15, 0.2) is 48.5 Å². The number of nitrogens with one attached hydrogen (secondary N) is 1. The van der Waals surface area contributed by atoms with E-state index in [-0.39, 0.29) is 30.1 Å². The van der Waals surface area contributed by atoms with Crippen LogP contribution in [0.3, 0.4) is 0 Å². The van der Waals surface area contributed by atoms with Crippen LogP contribution in [0, 0.1) is 5.82 Å². The number of hydrogen-bond acceptors (Lipinski definition) is 3. The third-order valence-electron chi connectivity index (χ3n) is 4.58. The van der Waals surface area contributed by atoms with Crippen molar-refractivity contribution in [3.05, 3.63) is 59.9 Å². The lowest BCUT2D eigenvalue weighted by Gasteiger charge is -2.33. The van der Waals surface area contributed by atoms with Crippen molar-refractivity contribution in [2.24, 2.45) is 0 Å². The van der Waals surface area contributed by atoms with Gasteiger partial charge in [0.1, 0.15) is 5.82 Å². The van der Waals surface area contributed by atoms with E-state index in [4.69, 9.17) is 4.74 Å². The van der Waals surface area contributed by atoms with Gasteiger partial charge in [0, 0.05) is 37.6 Å². The lowest BCUT2D eigenvalue weighted by Crippen LogP contribution is -2.42. The number of ether oxygens (including phenoxy) is 1. The Balaban J connectivity index is 1.65. The number of nitrogens with zero attached hydrogens (tertiary/aromatic N) is 1. The monoisotopic (exact) mass is 370 g/mol. The zero-order valence-corrected chi connectivity index (χ0v) is 15.3. The van der Waals surface area contributed by atoms with E-state index in [2.05, 4.69) is 5.32 Å². The molecule has 0 aliphatic carbocycles. The standard InChI is InChI=1S/C21H23FN2O3/c1-15(25)24(20-9-11-27-12-10-20)19-7-5-18(6-8-19)23-21(26)14-16-3-2-4-17(22)13-16/h2-8,13,20H,9-12,14H2,1H3,(H,23,26). The van der Waals surface area contributed by atoms with Gasteiger partial charge in [-0.15, -0.1) is 0 Å². The smallest absolute Gasteiger partial charge is 0.228 e. The van der Waals surface area contributed by atoms with Crippen molar-refractivity contribution < 1.29 is 18.7 Å². The predicted octanol–water partition coefficient (Wildman–Crippen LogP) is 3.54. The number of hydrogen-bond donors (Lipinski definition) is 1. The third kappa shape index (κ3) is 5.14. The quantitative estimate of drug-likeness (QED) is 0.876. The van der Waals surface area contributed by atoms with Crippen LogP contribution < -0.4 is 10.2 Å². The Hall–Kier alpha value is -2.73. The van der Waals surface area contributed by atoms with Gasteiger partial charge in [0.25, 0.3) is 0 Å². The van der Waals surface area contributed by atoms with Gasteiger partial charge in [0.15, 0.2) is 0 Å². The van der Waals surface area contributed by atoms with Crippen molar-refractivity contribution >= 4 is 23.2 Å². The predicted molar refractivity (Wildman–Crippen MR) is 102 cm³/mol. The van der Waals surface area contributed by atoms with Gasteiger partial charge >= 0.3 is 0 Å². The molecule has 1 saturated heterocycles. The second kappa shape index (κ2) is 8.77. The largest absolute Gasteiger partial charge is 0.381 e. The molecule has 142 valence electrons. The molecule has 1 fully saturated rings. The van der Waals surface area contributed by atoms with Gasteiger partial charge < -0.3 is 15.0 Å². The Morgan fingerprint density at radius 2 is 1.85 bits per heavy atom. The van der Waals surface area contributed by atoms with Crippen LogP contribution >= 0.6 is 0 Å². The molecular weight excluding hydrogens is 347 g/mol. The molecule has 0 unspecified atom stereocenters. The van der Waals surface area contributed by atoms with Crippen LogP contribution in [-0.2, 0) is 20.7 Å². The van der Waals surface area contributed by atoms with Gasteiger partial charge in [-0.2, -0.15) is 0 Å². The maximum Gasteiger partial charge on any atom is 0.228 e. The van der Waals surface area contributed by atoms with Crippen LogP contribution in [0.25, 0.3) is 0 Å². The van der Waals surface area contributed by atoms with Gasteiger partial charge in [-0.05, 0) is 54.8 Å². The zero-order valence-electron chi connectivity index (χ0n) is 15.3. The Bertz CT molecular complexity index is 801. The maximum absolute atomic E-state index is 13.2. The second-order valence-corrected chi connectivity index (χ2v) is 6.63. The molecule has 0 spiro atoms. The molecule has 3 rings (SSSR count). The molecule has 5 nitrogen and oxygen atoms in total. The molecule has 0 bridgehead atoms. The highest BCUT2D eigenvalue weighted by Crippen LogP contribution is 2.25. The van der Waals surface area contributed by atoms with Crippen molar-refractivity contribution in [2.45, 2.75) is 32.2 Å². The van der Waals surface area contributed by atoms with Crippen molar-refractivity contribution in [3.8, 4) is 0 Å². The highest BCUT2D eigenvalue weighted by molar-refractivity contribution is 5.94. The number of benzene rings is 2. The van der Waals surface area contributed by atoms with Crippen molar-refractivity contribution in [3.63, 3.8) is 0 Å². The summed E-state index contributed by atoms with van der Waals surface area (Å²) >= 11 is 0. The van der Waals surface area contributed by atoms with E-state index in [0.29, 0.717) is 24.5 Å². The molecular formula is C21H23FN2O3. The fourth-order valence-corrected chi connectivity index (χ4v) is 3.34. The number of anilines is 2. The molecule has 27 heavy (non-hydrogen) atoms. The van der Waals surface area contributed by atoms with Gasteiger partial charge in [-0.3, -0.25) is 9.59 Å². The van der Waals surface area contributed by atoms with Crippen LogP contribution in [0.5, 0.6) is 0 Å². The molecule has 2 aromatic carbocycles. The molecule has 1 aliphatic heterocycles. The number of rotatable bonds is 5. The Morgan fingerprint density at radius 3 is 2.48 bits per heavy atom. The zero-order chi connectivity index (χ0) is 19.2. The number of halogens is 1. The molecule has 1 aliphatic rings. The average molecular weight is 370 g/mol. The van der Waals surface area contributed by atoms with Gasteiger partial charge in [0.2, 0.25) is 11.8 Å². The van der Waals surface area contributed by atoms with E-state index in [1.165, 1.54) is 12.1 Å². The molecule has 0 radical (unpaired) electrons. The van der Waals surface area contributed by atoms with Gasteiger partial charge in [-0.25, -0.2) is 4.39 Å². The van der Waals surface area contributed by atoms with E-state index >= 15 is 0 Å². The highest BCUT2D eigenvalue weighted by Gasteiger charge is 2.24. The van der Waals surface area contributed by atoms with Crippen molar-refractivity contribution in [1.29, 1.82) is 0 Å². The number of carbonyl (C=O) groups is 2. The first-order chi connectivity index (χ1) is 13.0. The molecule has 6 heteroatoms. The van der Waals surface area contributed by atoms with Gasteiger partial charge in [-0.1, -0.05) is 12.1 Å². The Kier molecular flexibility index (Phi) is 6.19. The van der Waals surface area contributed by atoms with E-state index in [0.717, 1.165) is 18.5 Å². The van der Waals surface area contributed by atoms with Crippen LogP contribution in [0.4, 0.5) is 15.8 Å². The SMILES string of the molecule is CC(=O)N(c1ccc(NC(=O)Cc2cccc(F)c2)cc1)C1CCOCC1. The summed E-state index contributed by atoms with van der Waals surface area (Å²) in [6.45, 7) is 2.87. The fraction of sp³-hybridized carbons (Fsp3) is 0.333. The molecule has 0 saturated carbocycles. The van der Waals surface area contributed by atoms with E-state index in [9.17, 15) is 14.0 Å². The van der Waals surface area contributed by atoms with Crippen LogP contribution in [0.2, 0.25) is 0 Å². The van der Waals surface area contributed by atoms with E-state index in [1.807, 2.05) is 12.1 Å². The average Bonchev–Trinajstić information content (AvgIpc) is 2.64. The summed E-state index contributed by atoms with van der Waals surface area (Å²) in [5, 5.41) is 2.80. The summed E-state index contributed by atoms with van der Waals surface area (Å²) in [5.74, 6) is -0.590. The highest BCUT2D eigenvalue weighted by atomic mass is 19.1. The summed E-state index contributed by atoms with van der Waals surface area (Å²) in [6, 6.07) is 13.3. The second-order valence-electron chi connectivity index (χ2n) is 6.63. The minimum Gasteiger partial charge on any atom is -0.381 e. The lowest BCUT2D eigenvalue weighted by molar-refractivity contribution is -0.117. The minimum absolute atomic E-state index is 0.00945. The molecule has 1 N–H and O–H groups in total. The fourth-order valence-electron chi connectivity index (χ4n) is 3.34. The number of carbonyl (C=O) groups excluding carboxylic acids is 2. The topological polar surface area (TPSA) is 58.6 Å². The summed E-state index contributed by atoms with van der Waals surface area (Å²) in [4.78, 5) is 26.1. The number of amides is 2. The first-order valence-corrected chi connectivity index (χ1v) is 9.05. The molecule has 1 heterocycles. The minimum atomic E-state index is -0.359.